The molecule has 0 fully saturated rings. The van der Waals surface area contributed by atoms with Crippen molar-refractivity contribution in [2.75, 3.05) is 13.7 Å². The average Bonchev–Trinajstić information content (AvgIpc) is 2.35. The Morgan fingerprint density at radius 3 is 2.67 bits per heavy atom. The molecule has 8 heteroatoms. The van der Waals surface area contributed by atoms with E-state index in [4.69, 9.17) is 14.9 Å². The van der Waals surface area contributed by atoms with Crippen molar-refractivity contribution in [1.82, 2.24) is 4.72 Å². The number of methoxy groups -OCH3 is 1. The summed E-state index contributed by atoms with van der Waals surface area (Å²) in [5, 5.41) is 17.4. The smallest absolute Gasteiger partial charge is 0.324 e. The molecule has 18 heavy (non-hydrogen) atoms. The van der Waals surface area contributed by atoms with Crippen molar-refractivity contribution in [2.24, 2.45) is 0 Å². The highest BCUT2D eigenvalue weighted by Gasteiger charge is 2.24. The van der Waals surface area contributed by atoms with Crippen molar-refractivity contribution in [3.05, 3.63) is 24.3 Å². The number of aliphatic carboxylic acids is 1. The normalized spacial score (nSPS) is 13.0. The molecule has 0 heterocycles. The van der Waals surface area contributed by atoms with E-state index in [1.54, 1.807) is 6.07 Å². The van der Waals surface area contributed by atoms with Crippen molar-refractivity contribution in [1.29, 1.82) is 0 Å². The number of nitrogens with one attached hydrogen (secondary N) is 1. The topological polar surface area (TPSA) is 113 Å². The highest BCUT2D eigenvalue weighted by Crippen LogP contribution is 2.17. The number of aliphatic hydroxyl groups is 1. The molecule has 0 radical (unpaired) electrons. The average molecular weight is 275 g/mol. The third kappa shape index (κ3) is 3.42. The fraction of sp³-hybridized carbons (Fsp3) is 0.300. The van der Waals surface area contributed by atoms with E-state index >= 15 is 0 Å². The molecule has 0 bridgehead atoms. The summed E-state index contributed by atoms with van der Waals surface area (Å²) >= 11 is 0. The van der Waals surface area contributed by atoms with Gasteiger partial charge in [-0.15, -0.1) is 0 Å². The minimum atomic E-state index is -4.02. The molecule has 1 aromatic carbocycles. The molecule has 1 atom stereocenters. The summed E-state index contributed by atoms with van der Waals surface area (Å²) in [5.41, 5.74) is 0. The largest absolute Gasteiger partial charge is 0.497 e. The standard InChI is InChI=1S/C10H13NO6S/c1-17-7-3-2-4-8(5-7)18(15,16)11-9(6-12)10(13)14/h2-5,9,11-12H,6H2,1H3,(H,13,14). The predicted octanol–water partition coefficient (Wildman–Crippen LogP) is -0.581. The minimum absolute atomic E-state index is 0.137. The van der Waals surface area contributed by atoms with Crippen LogP contribution in [0.1, 0.15) is 0 Å². The maximum atomic E-state index is 11.8. The van der Waals surface area contributed by atoms with E-state index in [0.717, 1.165) is 0 Å². The Bertz CT molecular complexity index is 527. The molecule has 0 amide bonds. The lowest BCUT2D eigenvalue weighted by Gasteiger charge is -2.12. The molecule has 0 aliphatic rings. The number of rotatable bonds is 6. The molecule has 1 unspecified atom stereocenters. The van der Waals surface area contributed by atoms with Gasteiger partial charge in [0.25, 0.3) is 0 Å². The van der Waals surface area contributed by atoms with Crippen LogP contribution in [0.5, 0.6) is 5.75 Å². The van der Waals surface area contributed by atoms with Crippen LogP contribution in [0, 0.1) is 0 Å². The second kappa shape index (κ2) is 5.80. The van der Waals surface area contributed by atoms with Crippen LogP contribution in [0.3, 0.4) is 0 Å². The van der Waals surface area contributed by atoms with Gasteiger partial charge in [0, 0.05) is 6.07 Å². The van der Waals surface area contributed by atoms with E-state index < -0.39 is 28.6 Å². The van der Waals surface area contributed by atoms with Gasteiger partial charge in [0.05, 0.1) is 18.6 Å². The summed E-state index contributed by atoms with van der Waals surface area (Å²) in [6.07, 6.45) is 0. The Hall–Kier alpha value is -1.64. The van der Waals surface area contributed by atoms with Gasteiger partial charge >= 0.3 is 5.97 Å². The van der Waals surface area contributed by atoms with Crippen molar-refractivity contribution in [3.8, 4) is 5.75 Å². The van der Waals surface area contributed by atoms with Crippen molar-refractivity contribution >= 4 is 16.0 Å². The van der Waals surface area contributed by atoms with Crippen LogP contribution in [0.4, 0.5) is 0 Å². The van der Waals surface area contributed by atoms with Crippen LogP contribution >= 0.6 is 0 Å². The monoisotopic (exact) mass is 275 g/mol. The van der Waals surface area contributed by atoms with Gasteiger partial charge < -0.3 is 14.9 Å². The zero-order valence-electron chi connectivity index (χ0n) is 9.53. The van der Waals surface area contributed by atoms with Gasteiger partial charge in [0.2, 0.25) is 10.0 Å². The Labute approximate surface area is 104 Å². The summed E-state index contributed by atoms with van der Waals surface area (Å²) in [4.78, 5) is 10.5. The molecule has 1 rings (SSSR count). The van der Waals surface area contributed by atoms with E-state index in [1.807, 2.05) is 4.72 Å². The maximum Gasteiger partial charge on any atom is 0.324 e. The van der Waals surface area contributed by atoms with E-state index in [2.05, 4.69) is 0 Å². The van der Waals surface area contributed by atoms with Gasteiger partial charge in [0.1, 0.15) is 11.8 Å². The van der Waals surface area contributed by atoms with Gasteiger partial charge in [-0.1, -0.05) is 6.07 Å². The molecule has 0 saturated heterocycles. The predicted molar refractivity (Wildman–Crippen MR) is 61.8 cm³/mol. The summed E-state index contributed by atoms with van der Waals surface area (Å²) in [6.45, 7) is -0.835. The molecular formula is C10H13NO6S. The molecule has 3 N–H and O–H groups in total. The van der Waals surface area contributed by atoms with Gasteiger partial charge in [0.15, 0.2) is 0 Å². The van der Waals surface area contributed by atoms with Crippen molar-refractivity contribution in [2.45, 2.75) is 10.9 Å². The van der Waals surface area contributed by atoms with Gasteiger partial charge in [-0.3, -0.25) is 4.79 Å². The molecular weight excluding hydrogens is 262 g/mol. The van der Waals surface area contributed by atoms with E-state index in [0.29, 0.717) is 5.75 Å². The van der Waals surface area contributed by atoms with Crippen LogP contribution < -0.4 is 9.46 Å². The highest BCUT2D eigenvalue weighted by molar-refractivity contribution is 7.89. The molecule has 100 valence electrons. The van der Waals surface area contributed by atoms with Crippen molar-refractivity contribution < 1.29 is 28.2 Å². The second-order valence-electron chi connectivity index (χ2n) is 3.37. The molecule has 0 aliphatic carbocycles. The lowest BCUT2D eigenvalue weighted by molar-refractivity contribution is -0.139. The second-order valence-corrected chi connectivity index (χ2v) is 5.09. The summed E-state index contributed by atoms with van der Waals surface area (Å²) < 4.78 is 30.4. The number of benzene rings is 1. The highest BCUT2D eigenvalue weighted by atomic mass is 32.2. The lowest BCUT2D eigenvalue weighted by atomic mass is 10.3. The number of hydrogen-bond donors (Lipinski definition) is 3. The minimum Gasteiger partial charge on any atom is -0.497 e. The third-order valence-corrected chi connectivity index (χ3v) is 3.60. The maximum absolute atomic E-state index is 11.8. The van der Waals surface area contributed by atoms with Gasteiger partial charge in [-0.05, 0) is 12.1 Å². The zero-order chi connectivity index (χ0) is 13.8. The van der Waals surface area contributed by atoms with Crippen LogP contribution in [0.2, 0.25) is 0 Å². The molecule has 1 aromatic rings. The number of carbonyl (C=O) groups is 1. The first-order valence-corrected chi connectivity index (χ1v) is 6.39. The van der Waals surface area contributed by atoms with Gasteiger partial charge in [-0.2, -0.15) is 4.72 Å². The van der Waals surface area contributed by atoms with Crippen molar-refractivity contribution in [3.63, 3.8) is 0 Å². The summed E-state index contributed by atoms with van der Waals surface area (Å²) in [6, 6.07) is 3.97. The van der Waals surface area contributed by atoms with Crippen LogP contribution in [-0.4, -0.2) is 44.4 Å². The Balaban J connectivity index is 3.02. The van der Waals surface area contributed by atoms with E-state index in [-0.39, 0.29) is 4.90 Å². The van der Waals surface area contributed by atoms with E-state index in [1.165, 1.54) is 25.3 Å². The lowest BCUT2D eigenvalue weighted by Crippen LogP contribution is -2.43. The molecule has 7 nitrogen and oxygen atoms in total. The molecule has 0 aromatic heterocycles. The first kappa shape index (κ1) is 14.4. The number of aliphatic hydroxyl groups excluding tert-OH is 1. The fourth-order valence-corrected chi connectivity index (χ4v) is 2.40. The quantitative estimate of drug-likeness (QED) is 0.640. The fourth-order valence-electron chi connectivity index (χ4n) is 1.19. The summed E-state index contributed by atoms with van der Waals surface area (Å²) in [5.74, 6) is -1.13. The van der Waals surface area contributed by atoms with Crippen LogP contribution in [-0.2, 0) is 14.8 Å². The SMILES string of the molecule is COc1cccc(S(=O)(=O)NC(CO)C(=O)O)c1. The molecule has 0 saturated carbocycles. The molecule has 0 aliphatic heterocycles. The Morgan fingerprint density at radius 1 is 1.50 bits per heavy atom. The molecule has 0 spiro atoms. The zero-order valence-corrected chi connectivity index (χ0v) is 10.3. The summed E-state index contributed by atoms with van der Waals surface area (Å²) in [7, 11) is -2.64. The van der Waals surface area contributed by atoms with Crippen LogP contribution in [0.15, 0.2) is 29.2 Å². The first-order chi connectivity index (χ1) is 8.40. The van der Waals surface area contributed by atoms with Crippen LogP contribution in [0.25, 0.3) is 0 Å². The number of ether oxygens (including phenoxy) is 1. The Morgan fingerprint density at radius 2 is 2.17 bits per heavy atom. The number of sulfonamides is 1. The number of hydrogen-bond acceptors (Lipinski definition) is 5. The number of carboxylic acids is 1. The Kier molecular flexibility index (Phi) is 4.65. The first-order valence-electron chi connectivity index (χ1n) is 4.90. The third-order valence-electron chi connectivity index (χ3n) is 2.13. The number of carboxylic acid groups (broad SMARTS) is 1. The van der Waals surface area contributed by atoms with Gasteiger partial charge in [-0.25, -0.2) is 8.42 Å². The van der Waals surface area contributed by atoms with E-state index in [9.17, 15) is 13.2 Å².